The van der Waals surface area contributed by atoms with Gasteiger partial charge in [0.15, 0.2) is 0 Å². The Balaban J connectivity index is 1.59. The van der Waals surface area contributed by atoms with Crippen molar-refractivity contribution in [1.82, 2.24) is 14.6 Å². The van der Waals surface area contributed by atoms with Crippen molar-refractivity contribution in [2.24, 2.45) is 5.92 Å². The number of carboxylic acid groups (broad SMARTS) is 1. The average molecular weight is 363 g/mol. The highest BCUT2D eigenvalue weighted by Crippen LogP contribution is 2.30. The van der Waals surface area contributed by atoms with E-state index >= 15 is 0 Å². The number of benzene rings is 1. The molecule has 1 N–H and O–H groups in total. The highest BCUT2D eigenvalue weighted by molar-refractivity contribution is 7.20. The fourth-order valence-corrected chi connectivity index (χ4v) is 3.97. The number of nitrogens with zero attached hydrogens (tertiary/aromatic N) is 4. The molecule has 0 amide bonds. The Morgan fingerprint density at radius 3 is 2.83 bits per heavy atom. The summed E-state index contributed by atoms with van der Waals surface area (Å²) in [6.07, 6.45) is 3.49. The van der Waals surface area contributed by atoms with Crippen LogP contribution in [-0.2, 0) is 4.79 Å². The number of aliphatic carboxylic acids is 1. The Morgan fingerprint density at radius 1 is 1.33 bits per heavy atom. The standard InChI is InChI=1S/C16H15ClN4O2S/c17-12-5-3-10(4-6-12)13-9-21-15(18-13)24-16(19-21)20-7-1-2-11(8-20)14(22)23/h3-6,9,11H,1-2,7-8H2,(H,22,23). The van der Waals surface area contributed by atoms with Gasteiger partial charge in [0.2, 0.25) is 10.1 Å². The van der Waals surface area contributed by atoms with Crippen LogP contribution in [0.5, 0.6) is 0 Å². The molecule has 4 rings (SSSR count). The van der Waals surface area contributed by atoms with Crippen LogP contribution in [0.1, 0.15) is 12.8 Å². The highest BCUT2D eigenvalue weighted by Gasteiger charge is 2.27. The molecular weight excluding hydrogens is 348 g/mol. The van der Waals surface area contributed by atoms with Gasteiger partial charge in [-0.25, -0.2) is 9.50 Å². The fourth-order valence-electron chi connectivity index (χ4n) is 2.93. The van der Waals surface area contributed by atoms with Crippen molar-refractivity contribution in [3.63, 3.8) is 0 Å². The average Bonchev–Trinajstić information content (AvgIpc) is 3.14. The first kappa shape index (κ1) is 15.4. The molecule has 0 saturated carbocycles. The van der Waals surface area contributed by atoms with Crippen LogP contribution >= 0.6 is 22.9 Å². The Kier molecular flexibility index (Phi) is 3.90. The number of anilines is 1. The third kappa shape index (κ3) is 2.85. The number of hydrogen-bond acceptors (Lipinski definition) is 5. The highest BCUT2D eigenvalue weighted by atomic mass is 35.5. The van der Waals surface area contributed by atoms with Crippen LogP contribution in [-0.4, -0.2) is 38.8 Å². The van der Waals surface area contributed by atoms with Crippen molar-refractivity contribution < 1.29 is 9.90 Å². The van der Waals surface area contributed by atoms with Crippen molar-refractivity contribution in [3.05, 3.63) is 35.5 Å². The summed E-state index contributed by atoms with van der Waals surface area (Å²) in [5.41, 5.74) is 1.83. The smallest absolute Gasteiger partial charge is 0.308 e. The Morgan fingerprint density at radius 2 is 2.12 bits per heavy atom. The first-order chi connectivity index (χ1) is 11.6. The minimum Gasteiger partial charge on any atom is -0.481 e. The number of carbonyl (C=O) groups is 1. The lowest BCUT2D eigenvalue weighted by Crippen LogP contribution is -2.38. The van der Waals surface area contributed by atoms with Gasteiger partial charge in [0.1, 0.15) is 0 Å². The summed E-state index contributed by atoms with van der Waals surface area (Å²) in [7, 11) is 0. The number of aromatic nitrogens is 3. The first-order valence-corrected chi connectivity index (χ1v) is 8.89. The van der Waals surface area contributed by atoms with Gasteiger partial charge >= 0.3 is 5.97 Å². The zero-order valence-electron chi connectivity index (χ0n) is 12.7. The minimum atomic E-state index is -0.731. The van der Waals surface area contributed by atoms with Gasteiger partial charge in [-0.05, 0) is 25.0 Å². The molecule has 1 aliphatic heterocycles. The van der Waals surface area contributed by atoms with E-state index in [1.807, 2.05) is 35.4 Å². The quantitative estimate of drug-likeness (QED) is 0.773. The second kappa shape index (κ2) is 6.07. The normalized spacial score (nSPS) is 18.2. The van der Waals surface area contributed by atoms with E-state index < -0.39 is 5.97 Å². The molecule has 6 nitrogen and oxygen atoms in total. The van der Waals surface area contributed by atoms with Crippen LogP contribution in [0.25, 0.3) is 16.2 Å². The molecule has 24 heavy (non-hydrogen) atoms. The predicted octanol–water partition coefficient (Wildman–Crippen LogP) is 3.41. The molecule has 0 bridgehead atoms. The van der Waals surface area contributed by atoms with E-state index in [4.69, 9.17) is 11.6 Å². The number of imidazole rings is 1. The Labute approximate surface area is 147 Å². The van der Waals surface area contributed by atoms with E-state index in [1.54, 1.807) is 4.52 Å². The van der Waals surface area contributed by atoms with Crippen molar-refractivity contribution in [3.8, 4) is 11.3 Å². The molecule has 124 valence electrons. The van der Waals surface area contributed by atoms with E-state index in [-0.39, 0.29) is 5.92 Å². The first-order valence-electron chi connectivity index (χ1n) is 7.70. The largest absolute Gasteiger partial charge is 0.481 e. The lowest BCUT2D eigenvalue weighted by atomic mass is 9.99. The predicted molar refractivity (Wildman–Crippen MR) is 93.9 cm³/mol. The summed E-state index contributed by atoms with van der Waals surface area (Å²) >= 11 is 7.40. The number of piperidine rings is 1. The molecule has 1 saturated heterocycles. The van der Waals surface area contributed by atoms with Crippen LogP contribution in [0.2, 0.25) is 5.02 Å². The summed E-state index contributed by atoms with van der Waals surface area (Å²) in [5.74, 6) is -1.05. The van der Waals surface area contributed by atoms with Crippen LogP contribution in [0, 0.1) is 5.92 Å². The molecule has 0 radical (unpaired) electrons. The third-order valence-corrected chi connectivity index (χ3v) is 5.45. The maximum Gasteiger partial charge on any atom is 0.308 e. The van der Waals surface area contributed by atoms with E-state index in [0.717, 1.165) is 40.7 Å². The summed E-state index contributed by atoms with van der Waals surface area (Å²) in [6, 6.07) is 7.53. The zero-order chi connectivity index (χ0) is 16.7. The number of rotatable bonds is 3. The number of halogens is 1. The molecule has 1 aliphatic rings. The molecule has 3 heterocycles. The van der Waals surface area contributed by atoms with Crippen molar-refractivity contribution in [2.45, 2.75) is 12.8 Å². The molecule has 0 aliphatic carbocycles. The van der Waals surface area contributed by atoms with Crippen molar-refractivity contribution in [2.75, 3.05) is 18.0 Å². The lowest BCUT2D eigenvalue weighted by Gasteiger charge is -2.29. The summed E-state index contributed by atoms with van der Waals surface area (Å²) in [5, 5.41) is 15.3. The number of carboxylic acids is 1. The molecule has 1 fully saturated rings. The molecule has 8 heteroatoms. The van der Waals surface area contributed by atoms with Crippen LogP contribution < -0.4 is 4.90 Å². The molecule has 3 aromatic rings. The monoisotopic (exact) mass is 362 g/mol. The Hall–Kier alpha value is -2.12. The van der Waals surface area contributed by atoms with Crippen LogP contribution in [0.15, 0.2) is 30.5 Å². The van der Waals surface area contributed by atoms with Gasteiger partial charge in [-0.2, -0.15) is 0 Å². The van der Waals surface area contributed by atoms with Gasteiger partial charge in [-0.1, -0.05) is 35.1 Å². The van der Waals surface area contributed by atoms with Crippen LogP contribution in [0.3, 0.4) is 0 Å². The molecule has 1 aromatic carbocycles. The van der Waals surface area contributed by atoms with Gasteiger partial charge in [-0.3, -0.25) is 4.79 Å². The maximum absolute atomic E-state index is 11.2. The minimum absolute atomic E-state index is 0.320. The van der Waals surface area contributed by atoms with Gasteiger partial charge < -0.3 is 10.0 Å². The Bertz CT molecular complexity index is 858. The number of fused-ring (bicyclic) bond motifs is 1. The SMILES string of the molecule is O=C(O)C1CCCN(c2nn3cc(-c4ccc(Cl)cc4)nc3s2)C1. The lowest BCUT2D eigenvalue weighted by molar-refractivity contribution is -0.141. The fraction of sp³-hybridized carbons (Fsp3) is 0.312. The topological polar surface area (TPSA) is 70.7 Å². The van der Waals surface area contributed by atoms with E-state index in [2.05, 4.69) is 10.1 Å². The van der Waals surface area contributed by atoms with Gasteiger partial charge in [0.25, 0.3) is 0 Å². The zero-order valence-corrected chi connectivity index (χ0v) is 14.3. The third-order valence-electron chi connectivity index (χ3n) is 4.21. The molecule has 2 aromatic heterocycles. The van der Waals surface area contributed by atoms with E-state index in [0.29, 0.717) is 11.6 Å². The van der Waals surface area contributed by atoms with Crippen LogP contribution in [0.4, 0.5) is 5.13 Å². The van der Waals surface area contributed by atoms with E-state index in [1.165, 1.54) is 11.3 Å². The summed E-state index contributed by atoms with van der Waals surface area (Å²) < 4.78 is 1.76. The second-order valence-electron chi connectivity index (χ2n) is 5.87. The molecule has 0 spiro atoms. The van der Waals surface area contributed by atoms with Gasteiger partial charge in [-0.15, -0.1) is 5.10 Å². The summed E-state index contributed by atoms with van der Waals surface area (Å²) in [4.78, 5) is 18.7. The van der Waals surface area contributed by atoms with Crippen molar-refractivity contribution in [1.29, 1.82) is 0 Å². The van der Waals surface area contributed by atoms with Crippen molar-refractivity contribution >= 4 is 39.0 Å². The van der Waals surface area contributed by atoms with Gasteiger partial charge in [0.05, 0.1) is 17.8 Å². The summed E-state index contributed by atoms with van der Waals surface area (Å²) in [6.45, 7) is 1.35. The number of hydrogen-bond donors (Lipinski definition) is 1. The van der Waals surface area contributed by atoms with E-state index in [9.17, 15) is 9.90 Å². The maximum atomic E-state index is 11.2. The molecular formula is C16H15ClN4O2S. The molecule has 1 unspecified atom stereocenters. The second-order valence-corrected chi connectivity index (χ2v) is 7.24. The van der Waals surface area contributed by atoms with Gasteiger partial charge in [0, 0.05) is 23.7 Å². The molecule has 1 atom stereocenters.